The van der Waals surface area contributed by atoms with Crippen LogP contribution in [0.15, 0.2) is 18.2 Å². The first-order valence-corrected chi connectivity index (χ1v) is 8.17. The van der Waals surface area contributed by atoms with Gasteiger partial charge < -0.3 is 9.30 Å². The number of ether oxygens (including phenoxy) is 1. The monoisotopic (exact) mass is 300 g/mol. The smallest absolute Gasteiger partial charge is 0.127 e. The molecule has 0 saturated carbocycles. The van der Waals surface area contributed by atoms with Gasteiger partial charge in [0.2, 0.25) is 0 Å². The third-order valence-electron chi connectivity index (χ3n) is 2.94. The lowest BCUT2D eigenvalue weighted by Crippen LogP contribution is -2.10. The highest BCUT2D eigenvalue weighted by molar-refractivity contribution is 7.84. The van der Waals surface area contributed by atoms with Crippen LogP contribution in [0.3, 0.4) is 0 Å². The van der Waals surface area contributed by atoms with E-state index in [-0.39, 0.29) is 5.38 Å². The maximum Gasteiger partial charge on any atom is 0.127 e. The standard InChI is InChI=1S/C13H17ClN2O2S/c1-9(14)13-15-11-5-4-10(18-2)8-12(11)16(13)6-7-19(3)17/h4-5,8-9H,6-7H2,1-3H3. The first-order valence-electron chi connectivity index (χ1n) is 6.01. The molecule has 0 aliphatic heterocycles. The Balaban J connectivity index is 2.53. The summed E-state index contributed by atoms with van der Waals surface area (Å²) in [5, 5.41) is -0.191. The summed E-state index contributed by atoms with van der Waals surface area (Å²) in [4.78, 5) is 4.54. The summed E-state index contributed by atoms with van der Waals surface area (Å²) >= 11 is 6.18. The van der Waals surface area contributed by atoms with E-state index < -0.39 is 10.8 Å². The number of methoxy groups -OCH3 is 1. The first kappa shape index (κ1) is 14.3. The Labute approximate surface area is 120 Å². The Morgan fingerprint density at radius 2 is 2.26 bits per heavy atom. The third kappa shape index (κ3) is 3.09. The van der Waals surface area contributed by atoms with Crippen LogP contribution >= 0.6 is 11.6 Å². The molecule has 0 aliphatic carbocycles. The minimum Gasteiger partial charge on any atom is -0.497 e. The lowest BCUT2D eigenvalue weighted by atomic mass is 10.3. The second kappa shape index (κ2) is 5.92. The predicted octanol–water partition coefficient (Wildman–Crippen LogP) is 2.72. The summed E-state index contributed by atoms with van der Waals surface area (Å²) in [5.41, 5.74) is 1.84. The molecule has 0 spiro atoms. The van der Waals surface area contributed by atoms with E-state index in [1.165, 1.54) is 0 Å². The van der Waals surface area contributed by atoms with Gasteiger partial charge in [-0.25, -0.2) is 4.98 Å². The summed E-state index contributed by atoms with van der Waals surface area (Å²) in [7, 11) is 0.788. The maximum atomic E-state index is 11.3. The minimum atomic E-state index is -0.845. The zero-order valence-corrected chi connectivity index (χ0v) is 12.8. The lowest BCUT2D eigenvalue weighted by molar-refractivity contribution is 0.415. The van der Waals surface area contributed by atoms with E-state index >= 15 is 0 Å². The van der Waals surface area contributed by atoms with Crippen LogP contribution in [0.25, 0.3) is 11.0 Å². The number of hydrogen-bond donors (Lipinski definition) is 0. The van der Waals surface area contributed by atoms with Gasteiger partial charge >= 0.3 is 0 Å². The number of aromatic nitrogens is 2. The molecule has 2 unspecified atom stereocenters. The van der Waals surface area contributed by atoms with Gasteiger partial charge in [0.05, 0.1) is 23.5 Å². The number of imidazole rings is 1. The van der Waals surface area contributed by atoms with Gasteiger partial charge in [-0.1, -0.05) is 0 Å². The average molecular weight is 301 g/mol. The Bertz CT molecular complexity index is 610. The Hall–Kier alpha value is -1.07. The van der Waals surface area contributed by atoms with Gasteiger partial charge in [0.25, 0.3) is 0 Å². The summed E-state index contributed by atoms with van der Waals surface area (Å²) in [6.45, 7) is 2.53. The molecule has 4 nitrogen and oxygen atoms in total. The number of fused-ring (bicyclic) bond motifs is 1. The molecule has 1 heterocycles. The average Bonchev–Trinajstić information content (AvgIpc) is 2.74. The molecule has 0 aliphatic rings. The zero-order chi connectivity index (χ0) is 14.0. The fourth-order valence-electron chi connectivity index (χ4n) is 2.01. The normalized spacial score (nSPS) is 14.5. The van der Waals surface area contributed by atoms with Crippen LogP contribution in [-0.4, -0.2) is 32.9 Å². The molecule has 0 N–H and O–H groups in total. The highest BCUT2D eigenvalue weighted by Crippen LogP contribution is 2.27. The van der Waals surface area contributed by atoms with E-state index in [1.54, 1.807) is 13.4 Å². The van der Waals surface area contributed by atoms with Gasteiger partial charge in [0.1, 0.15) is 11.6 Å². The molecule has 1 aromatic carbocycles. The van der Waals surface area contributed by atoms with Crippen molar-refractivity contribution in [1.82, 2.24) is 9.55 Å². The summed E-state index contributed by atoms with van der Waals surface area (Å²) < 4.78 is 18.6. The molecule has 0 radical (unpaired) electrons. The van der Waals surface area contributed by atoms with E-state index in [9.17, 15) is 4.21 Å². The molecule has 19 heavy (non-hydrogen) atoms. The molecule has 0 saturated heterocycles. The van der Waals surface area contributed by atoms with Crippen molar-refractivity contribution >= 4 is 33.4 Å². The maximum absolute atomic E-state index is 11.3. The van der Waals surface area contributed by atoms with Crippen molar-refractivity contribution in [2.75, 3.05) is 19.1 Å². The van der Waals surface area contributed by atoms with Crippen LogP contribution in [0.4, 0.5) is 0 Å². The van der Waals surface area contributed by atoms with E-state index in [0.717, 1.165) is 22.6 Å². The molecule has 6 heteroatoms. The van der Waals surface area contributed by atoms with Crippen molar-refractivity contribution in [1.29, 1.82) is 0 Å². The molecular formula is C13H17ClN2O2S. The van der Waals surface area contributed by atoms with Crippen LogP contribution in [-0.2, 0) is 17.3 Å². The van der Waals surface area contributed by atoms with Gasteiger partial charge in [-0.05, 0) is 19.1 Å². The fraction of sp³-hybridized carbons (Fsp3) is 0.462. The number of benzene rings is 1. The van der Waals surface area contributed by atoms with Gasteiger partial charge in [0, 0.05) is 35.4 Å². The quantitative estimate of drug-likeness (QED) is 0.798. The van der Waals surface area contributed by atoms with Crippen molar-refractivity contribution in [3.05, 3.63) is 24.0 Å². The topological polar surface area (TPSA) is 44.1 Å². The molecule has 0 bridgehead atoms. The van der Waals surface area contributed by atoms with Gasteiger partial charge in [-0.2, -0.15) is 0 Å². The van der Waals surface area contributed by atoms with Crippen molar-refractivity contribution < 1.29 is 8.95 Å². The summed E-state index contributed by atoms with van der Waals surface area (Å²) in [6, 6.07) is 5.72. The van der Waals surface area contributed by atoms with Gasteiger partial charge in [0.15, 0.2) is 0 Å². The van der Waals surface area contributed by atoms with Crippen LogP contribution < -0.4 is 4.74 Å². The fourth-order valence-corrected chi connectivity index (χ4v) is 2.61. The molecule has 2 aromatic rings. The van der Waals surface area contributed by atoms with Crippen LogP contribution in [0, 0.1) is 0 Å². The lowest BCUT2D eigenvalue weighted by Gasteiger charge is -2.10. The largest absolute Gasteiger partial charge is 0.497 e. The van der Waals surface area contributed by atoms with E-state index in [2.05, 4.69) is 4.98 Å². The highest BCUT2D eigenvalue weighted by atomic mass is 35.5. The zero-order valence-electron chi connectivity index (χ0n) is 11.2. The number of rotatable bonds is 5. The van der Waals surface area contributed by atoms with E-state index in [0.29, 0.717) is 12.3 Å². The predicted molar refractivity (Wildman–Crippen MR) is 79.5 cm³/mol. The summed E-state index contributed by atoms with van der Waals surface area (Å²) in [5.74, 6) is 2.16. The van der Waals surface area contributed by atoms with E-state index in [1.807, 2.05) is 29.7 Å². The van der Waals surface area contributed by atoms with E-state index in [4.69, 9.17) is 16.3 Å². The van der Waals surface area contributed by atoms with Crippen molar-refractivity contribution in [2.45, 2.75) is 18.8 Å². The van der Waals surface area contributed by atoms with Crippen LogP contribution in [0.2, 0.25) is 0 Å². The van der Waals surface area contributed by atoms with Crippen molar-refractivity contribution in [2.24, 2.45) is 0 Å². The van der Waals surface area contributed by atoms with Gasteiger partial charge in [-0.15, -0.1) is 11.6 Å². The second-order valence-corrected chi connectivity index (χ2v) is 6.58. The SMILES string of the molecule is COc1ccc2nc(C(C)Cl)n(CCS(C)=O)c2c1. The number of alkyl halides is 1. The molecule has 104 valence electrons. The Kier molecular flexibility index (Phi) is 4.47. The highest BCUT2D eigenvalue weighted by Gasteiger charge is 2.15. The molecular weight excluding hydrogens is 284 g/mol. The Morgan fingerprint density at radius 3 is 2.84 bits per heavy atom. The second-order valence-electron chi connectivity index (χ2n) is 4.37. The molecule has 0 amide bonds. The third-order valence-corrected chi connectivity index (χ3v) is 3.90. The molecule has 0 fully saturated rings. The number of nitrogens with zero attached hydrogens (tertiary/aromatic N) is 2. The first-order chi connectivity index (χ1) is 9.02. The number of hydrogen-bond acceptors (Lipinski definition) is 3. The van der Waals surface area contributed by atoms with Gasteiger partial charge in [-0.3, -0.25) is 4.21 Å². The molecule has 1 aromatic heterocycles. The molecule has 2 atom stereocenters. The van der Waals surface area contributed by atoms with Crippen molar-refractivity contribution in [3.8, 4) is 5.75 Å². The summed E-state index contributed by atoms with van der Waals surface area (Å²) in [6.07, 6.45) is 1.70. The minimum absolute atomic E-state index is 0.191. The number of aryl methyl sites for hydroxylation is 1. The van der Waals surface area contributed by atoms with Crippen molar-refractivity contribution in [3.63, 3.8) is 0 Å². The van der Waals surface area contributed by atoms with Crippen LogP contribution in [0.1, 0.15) is 18.1 Å². The number of halogens is 1. The van der Waals surface area contributed by atoms with Crippen LogP contribution in [0.5, 0.6) is 5.75 Å². The molecule has 2 rings (SSSR count). The Morgan fingerprint density at radius 1 is 1.53 bits per heavy atom.